The van der Waals surface area contributed by atoms with Crippen LogP contribution in [0.4, 0.5) is 4.39 Å². The van der Waals surface area contributed by atoms with Gasteiger partial charge in [0.15, 0.2) is 0 Å². The highest BCUT2D eigenvalue weighted by Gasteiger charge is 2.13. The quantitative estimate of drug-likeness (QED) is 0.801. The first-order valence-corrected chi connectivity index (χ1v) is 5.00. The average Bonchev–Trinajstić information content (AvgIpc) is 2.45. The van der Waals surface area contributed by atoms with E-state index in [-0.39, 0.29) is 16.1 Å². The Morgan fingerprint density at radius 3 is 2.80 bits per heavy atom. The van der Waals surface area contributed by atoms with E-state index in [0.29, 0.717) is 10.9 Å². The maximum absolute atomic E-state index is 13.2. The Hall–Kier alpha value is -1.36. The molecular weight excluding hydrogens is 265 g/mol. The number of rotatable bonds is 0. The molecule has 0 saturated heterocycles. The zero-order valence-electron chi connectivity index (χ0n) is 7.79. The summed E-state index contributed by atoms with van der Waals surface area (Å²) in [6.07, 6.45) is 1.28. The topological polar surface area (TPSA) is 42.2 Å². The van der Waals surface area contributed by atoms with Crippen LogP contribution in [0.5, 0.6) is 5.75 Å². The van der Waals surface area contributed by atoms with Crippen molar-refractivity contribution in [1.29, 1.82) is 0 Å². The van der Waals surface area contributed by atoms with Gasteiger partial charge >= 0.3 is 0 Å². The molecule has 5 heteroatoms. The summed E-state index contributed by atoms with van der Waals surface area (Å²) in [4.78, 5) is 11.2. The van der Waals surface area contributed by atoms with E-state index < -0.39 is 5.82 Å². The predicted molar refractivity (Wildman–Crippen MR) is 57.6 cm³/mol. The monoisotopic (exact) mass is 271 g/mol. The molecule has 0 aliphatic heterocycles. The summed E-state index contributed by atoms with van der Waals surface area (Å²) in [6.45, 7) is 1.37. The molecule has 0 fully saturated rings. The summed E-state index contributed by atoms with van der Waals surface area (Å²) >= 11 is 3.03. The van der Waals surface area contributed by atoms with E-state index in [1.165, 1.54) is 29.8 Å². The molecule has 0 spiro atoms. The summed E-state index contributed by atoms with van der Waals surface area (Å²) in [6, 6.07) is 2.65. The van der Waals surface area contributed by atoms with Crippen molar-refractivity contribution < 1.29 is 14.3 Å². The van der Waals surface area contributed by atoms with Crippen LogP contribution in [-0.2, 0) is 0 Å². The third kappa shape index (κ3) is 1.52. The third-order valence-corrected chi connectivity index (χ3v) is 2.77. The SMILES string of the molecule is CC(=O)n1cc(O)c2cc(F)c(Br)cc21. The molecule has 2 rings (SSSR count). The van der Waals surface area contributed by atoms with Gasteiger partial charge in [0.05, 0.1) is 16.2 Å². The van der Waals surface area contributed by atoms with Crippen molar-refractivity contribution in [2.45, 2.75) is 6.92 Å². The minimum Gasteiger partial charge on any atom is -0.506 e. The van der Waals surface area contributed by atoms with Crippen LogP contribution in [0.25, 0.3) is 10.9 Å². The summed E-state index contributed by atoms with van der Waals surface area (Å²) < 4.78 is 14.7. The smallest absolute Gasteiger partial charge is 0.228 e. The average molecular weight is 272 g/mol. The molecular formula is C10H7BrFNO2. The molecule has 1 aromatic heterocycles. The van der Waals surface area contributed by atoms with Crippen LogP contribution in [0.2, 0.25) is 0 Å². The van der Waals surface area contributed by atoms with Crippen LogP contribution in [0.1, 0.15) is 11.7 Å². The molecule has 0 saturated carbocycles. The van der Waals surface area contributed by atoms with Gasteiger partial charge in [0.1, 0.15) is 11.6 Å². The number of aromatic nitrogens is 1. The lowest BCUT2D eigenvalue weighted by atomic mass is 10.2. The van der Waals surface area contributed by atoms with Crippen molar-refractivity contribution in [3.63, 3.8) is 0 Å². The maximum Gasteiger partial charge on any atom is 0.228 e. The van der Waals surface area contributed by atoms with Crippen LogP contribution in [-0.4, -0.2) is 15.6 Å². The maximum atomic E-state index is 13.2. The molecule has 0 aliphatic carbocycles. The van der Waals surface area contributed by atoms with E-state index in [0.717, 1.165) is 0 Å². The summed E-state index contributed by atoms with van der Waals surface area (Å²) in [7, 11) is 0. The molecule has 0 amide bonds. The first-order valence-electron chi connectivity index (χ1n) is 4.20. The third-order valence-electron chi connectivity index (χ3n) is 2.16. The van der Waals surface area contributed by atoms with Crippen molar-refractivity contribution in [2.24, 2.45) is 0 Å². The number of halogens is 2. The van der Waals surface area contributed by atoms with Crippen LogP contribution >= 0.6 is 15.9 Å². The highest BCUT2D eigenvalue weighted by atomic mass is 79.9. The number of carbonyl (C=O) groups is 1. The number of hydrogen-bond acceptors (Lipinski definition) is 2. The minimum atomic E-state index is -0.473. The van der Waals surface area contributed by atoms with Crippen LogP contribution in [0.3, 0.4) is 0 Å². The van der Waals surface area contributed by atoms with Crippen LogP contribution in [0.15, 0.2) is 22.8 Å². The molecule has 15 heavy (non-hydrogen) atoms. The van der Waals surface area contributed by atoms with Gasteiger partial charge in [-0.05, 0) is 28.1 Å². The predicted octanol–water partition coefficient (Wildman–Crippen LogP) is 2.91. The molecule has 1 aromatic carbocycles. The fraction of sp³-hybridized carbons (Fsp3) is 0.100. The molecule has 0 aliphatic rings. The second-order valence-corrected chi connectivity index (χ2v) is 4.04. The highest BCUT2D eigenvalue weighted by molar-refractivity contribution is 9.10. The van der Waals surface area contributed by atoms with E-state index in [9.17, 15) is 14.3 Å². The molecule has 2 aromatic rings. The molecule has 0 unspecified atom stereocenters. The zero-order valence-corrected chi connectivity index (χ0v) is 9.38. The standard InChI is InChI=1S/C10H7BrFNO2/c1-5(14)13-4-10(15)6-2-8(12)7(11)3-9(6)13/h2-4,15H,1H3. The number of hydrogen-bond donors (Lipinski definition) is 1. The molecule has 78 valence electrons. The Kier molecular flexibility index (Phi) is 2.26. The fourth-order valence-electron chi connectivity index (χ4n) is 1.46. The van der Waals surface area contributed by atoms with Gasteiger partial charge in [0.2, 0.25) is 5.91 Å². The highest BCUT2D eigenvalue weighted by Crippen LogP contribution is 2.31. The first-order chi connectivity index (χ1) is 7.00. The van der Waals surface area contributed by atoms with E-state index in [4.69, 9.17) is 0 Å². The number of nitrogens with zero attached hydrogens (tertiary/aromatic N) is 1. The largest absolute Gasteiger partial charge is 0.506 e. The van der Waals surface area contributed by atoms with Crippen LogP contribution < -0.4 is 0 Å². The van der Waals surface area contributed by atoms with Gasteiger partial charge in [0, 0.05) is 12.3 Å². The fourth-order valence-corrected chi connectivity index (χ4v) is 1.79. The molecule has 0 atom stereocenters. The van der Waals surface area contributed by atoms with Crippen molar-refractivity contribution in [3.05, 3.63) is 28.6 Å². The normalized spacial score (nSPS) is 10.9. The number of benzene rings is 1. The first kappa shape index (κ1) is 10.2. The van der Waals surface area contributed by atoms with Crippen LogP contribution in [0, 0.1) is 5.82 Å². The van der Waals surface area contributed by atoms with Gasteiger partial charge < -0.3 is 5.11 Å². The lowest BCUT2D eigenvalue weighted by Crippen LogP contribution is -2.02. The van der Waals surface area contributed by atoms with Gasteiger partial charge in [-0.25, -0.2) is 4.39 Å². The van der Waals surface area contributed by atoms with E-state index in [1.54, 1.807) is 0 Å². The zero-order chi connectivity index (χ0) is 11.2. The van der Waals surface area contributed by atoms with Crippen molar-refractivity contribution >= 4 is 32.7 Å². The lowest BCUT2D eigenvalue weighted by Gasteiger charge is -1.99. The summed E-state index contributed by atoms with van der Waals surface area (Å²) in [5.74, 6) is -0.815. The number of aromatic hydroxyl groups is 1. The van der Waals surface area contributed by atoms with Crippen molar-refractivity contribution in [2.75, 3.05) is 0 Å². The van der Waals surface area contributed by atoms with Gasteiger partial charge in [-0.1, -0.05) is 0 Å². The summed E-state index contributed by atoms with van der Waals surface area (Å²) in [5, 5.41) is 9.83. The second kappa shape index (κ2) is 3.34. The van der Waals surface area contributed by atoms with Gasteiger partial charge in [0.25, 0.3) is 0 Å². The molecule has 3 nitrogen and oxygen atoms in total. The van der Waals surface area contributed by atoms with Crippen molar-refractivity contribution in [1.82, 2.24) is 4.57 Å². The van der Waals surface area contributed by atoms with Gasteiger partial charge in [-0.15, -0.1) is 0 Å². The number of fused-ring (bicyclic) bond motifs is 1. The molecule has 1 heterocycles. The van der Waals surface area contributed by atoms with E-state index in [2.05, 4.69) is 15.9 Å². The van der Waals surface area contributed by atoms with E-state index in [1.807, 2.05) is 0 Å². The van der Waals surface area contributed by atoms with Gasteiger partial charge in [-0.3, -0.25) is 9.36 Å². The second-order valence-electron chi connectivity index (χ2n) is 3.19. The van der Waals surface area contributed by atoms with E-state index >= 15 is 0 Å². The Labute approximate surface area is 93.3 Å². The Morgan fingerprint density at radius 2 is 2.20 bits per heavy atom. The van der Waals surface area contributed by atoms with Crippen molar-refractivity contribution in [3.8, 4) is 5.75 Å². The lowest BCUT2D eigenvalue weighted by molar-refractivity contribution is 0.0941. The Balaban J connectivity index is 2.88. The van der Waals surface area contributed by atoms with Gasteiger partial charge in [-0.2, -0.15) is 0 Å². The Morgan fingerprint density at radius 1 is 1.53 bits per heavy atom. The summed E-state index contributed by atoms with van der Waals surface area (Å²) in [5.41, 5.74) is 0.480. The molecule has 0 bridgehead atoms. The molecule has 1 N–H and O–H groups in total. The Bertz CT molecular complexity index is 562. The molecule has 0 radical (unpaired) electrons. The number of carbonyl (C=O) groups excluding carboxylic acids is 1. The minimum absolute atomic E-state index is 0.105.